The van der Waals surface area contributed by atoms with Gasteiger partial charge in [0.05, 0.1) is 18.5 Å². The molecule has 0 aliphatic rings. The quantitative estimate of drug-likeness (QED) is 0.658. The average molecular weight is 371 g/mol. The number of hydrogen-bond donors (Lipinski definition) is 0. The van der Waals surface area contributed by atoms with Gasteiger partial charge in [-0.2, -0.15) is 0 Å². The van der Waals surface area contributed by atoms with Crippen LogP contribution >= 0.6 is 11.3 Å². The van der Waals surface area contributed by atoms with E-state index >= 15 is 0 Å². The third-order valence-electron chi connectivity index (χ3n) is 4.67. The predicted molar refractivity (Wildman–Crippen MR) is 109 cm³/mol. The van der Waals surface area contributed by atoms with Crippen molar-refractivity contribution in [2.24, 2.45) is 0 Å². The van der Waals surface area contributed by atoms with Gasteiger partial charge in [0.25, 0.3) is 5.56 Å². The number of aromatic nitrogens is 2. The van der Waals surface area contributed by atoms with E-state index in [4.69, 9.17) is 9.72 Å². The summed E-state index contributed by atoms with van der Waals surface area (Å²) in [6.07, 6.45) is 0.725. The molecule has 4 nitrogen and oxygen atoms in total. The van der Waals surface area contributed by atoms with Crippen molar-refractivity contribution in [3.63, 3.8) is 0 Å². The standard InChI is InChI=1S/C21H26N2O2S/c1-6-17-22-19-18(20(24)23(17)11-12-25-5)16(13-26-19)14-7-9-15(10-8-14)21(2,3)4/h7-10,13H,6,11-12H2,1-5H3. The third-order valence-corrected chi connectivity index (χ3v) is 5.54. The van der Waals surface area contributed by atoms with Gasteiger partial charge >= 0.3 is 0 Å². The number of rotatable bonds is 5. The van der Waals surface area contributed by atoms with Crippen LogP contribution in [0.25, 0.3) is 21.3 Å². The molecule has 0 saturated carbocycles. The Labute approximate surface area is 158 Å². The van der Waals surface area contributed by atoms with E-state index in [2.05, 4.69) is 45.0 Å². The molecule has 0 radical (unpaired) electrons. The molecule has 0 amide bonds. The number of thiophene rings is 1. The van der Waals surface area contributed by atoms with E-state index in [1.165, 1.54) is 16.9 Å². The number of hydrogen-bond acceptors (Lipinski definition) is 4. The summed E-state index contributed by atoms with van der Waals surface area (Å²) in [4.78, 5) is 18.7. The lowest BCUT2D eigenvalue weighted by atomic mass is 9.86. The molecule has 2 heterocycles. The van der Waals surface area contributed by atoms with Crippen LogP contribution in [-0.2, 0) is 23.1 Å². The van der Waals surface area contributed by atoms with Gasteiger partial charge < -0.3 is 4.74 Å². The van der Waals surface area contributed by atoms with Crippen LogP contribution in [-0.4, -0.2) is 23.3 Å². The van der Waals surface area contributed by atoms with Crippen molar-refractivity contribution in [3.05, 3.63) is 51.4 Å². The first-order valence-electron chi connectivity index (χ1n) is 8.97. The SMILES string of the molecule is CCc1nc2scc(-c3ccc(C(C)(C)C)cc3)c2c(=O)n1CCOC. The highest BCUT2D eigenvalue weighted by atomic mass is 32.1. The number of nitrogens with zero attached hydrogens (tertiary/aromatic N) is 2. The topological polar surface area (TPSA) is 44.1 Å². The summed E-state index contributed by atoms with van der Waals surface area (Å²) in [5.74, 6) is 0.816. The van der Waals surface area contributed by atoms with Gasteiger partial charge in [-0.3, -0.25) is 9.36 Å². The van der Waals surface area contributed by atoms with Gasteiger partial charge in [-0.25, -0.2) is 4.98 Å². The number of aryl methyl sites for hydroxylation is 1. The Morgan fingerprint density at radius 2 is 1.88 bits per heavy atom. The van der Waals surface area contributed by atoms with Crippen LogP contribution in [0.1, 0.15) is 39.1 Å². The first-order valence-corrected chi connectivity index (χ1v) is 9.85. The molecule has 5 heteroatoms. The first kappa shape index (κ1) is 18.8. The zero-order valence-electron chi connectivity index (χ0n) is 16.1. The van der Waals surface area contributed by atoms with E-state index in [-0.39, 0.29) is 11.0 Å². The molecule has 0 N–H and O–H groups in total. The van der Waals surface area contributed by atoms with E-state index in [0.717, 1.165) is 28.2 Å². The Hall–Kier alpha value is -1.98. The summed E-state index contributed by atoms with van der Waals surface area (Å²) in [7, 11) is 1.65. The van der Waals surface area contributed by atoms with E-state index in [1.807, 2.05) is 12.3 Å². The summed E-state index contributed by atoms with van der Waals surface area (Å²) in [6, 6.07) is 8.51. The van der Waals surface area contributed by atoms with Crippen molar-refractivity contribution in [3.8, 4) is 11.1 Å². The van der Waals surface area contributed by atoms with Gasteiger partial charge in [-0.05, 0) is 16.5 Å². The average Bonchev–Trinajstić information content (AvgIpc) is 3.04. The fourth-order valence-corrected chi connectivity index (χ4v) is 4.07. The van der Waals surface area contributed by atoms with Crippen molar-refractivity contribution in [2.75, 3.05) is 13.7 Å². The lowest BCUT2D eigenvalue weighted by Crippen LogP contribution is -2.26. The fraction of sp³-hybridized carbons (Fsp3) is 0.429. The molecule has 0 aliphatic carbocycles. The second-order valence-electron chi connectivity index (χ2n) is 7.49. The van der Waals surface area contributed by atoms with Crippen molar-refractivity contribution < 1.29 is 4.74 Å². The second kappa shape index (κ2) is 7.33. The van der Waals surface area contributed by atoms with Gasteiger partial charge in [0.1, 0.15) is 10.7 Å². The molecule has 0 atom stereocenters. The lowest BCUT2D eigenvalue weighted by Gasteiger charge is -2.19. The van der Waals surface area contributed by atoms with Crippen LogP contribution < -0.4 is 5.56 Å². The van der Waals surface area contributed by atoms with Crippen LogP contribution in [0.4, 0.5) is 0 Å². The third kappa shape index (κ3) is 3.46. The highest BCUT2D eigenvalue weighted by molar-refractivity contribution is 7.17. The van der Waals surface area contributed by atoms with Gasteiger partial charge in [0.15, 0.2) is 0 Å². The zero-order chi connectivity index (χ0) is 18.9. The van der Waals surface area contributed by atoms with Crippen LogP contribution in [0.5, 0.6) is 0 Å². The molecule has 26 heavy (non-hydrogen) atoms. The Kier molecular flexibility index (Phi) is 5.30. The minimum Gasteiger partial charge on any atom is -0.383 e. The van der Waals surface area contributed by atoms with Crippen molar-refractivity contribution >= 4 is 21.6 Å². The minimum atomic E-state index is 0.0278. The van der Waals surface area contributed by atoms with Gasteiger partial charge in [0, 0.05) is 24.5 Å². The highest BCUT2D eigenvalue weighted by Gasteiger charge is 2.18. The minimum absolute atomic E-state index is 0.0278. The van der Waals surface area contributed by atoms with Gasteiger partial charge in [-0.1, -0.05) is 52.0 Å². The van der Waals surface area contributed by atoms with E-state index in [0.29, 0.717) is 18.5 Å². The molecule has 0 aliphatic heterocycles. The van der Waals surface area contributed by atoms with Crippen LogP contribution in [0, 0.1) is 0 Å². The summed E-state index contributed by atoms with van der Waals surface area (Å²) < 4.78 is 6.92. The Morgan fingerprint density at radius 3 is 2.46 bits per heavy atom. The molecule has 3 rings (SSSR count). The maximum atomic E-state index is 13.2. The summed E-state index contributed by atoms with van der Waals surface area (Å²) in [5, 5.41) is 2.76. The molecule has 1 aromatic carbocycles. The Bertz CT molecular complexity index is 963. The molecular formula is C21H26N2O2S. The number of methoxy groups -OCH3 is 1. The molecule has 3 aromatic rings. The van der Waals surface area contributed by atoms with Gasteiger partial charge in [-0.15, -0.1) is 11.3 Å². The van der Waals surface area contributed by atoms with Crippen molar-refractivity contribution in [1.29, 1.82) is 0 Å². The maximum absolute atomic E-state index is 13.2. The van der Waals surface area contributed by atoms with E-state index < -0.39 is 0 Å². The van der Waals surface area contributed by atoms with Crippen LogP contribution in [0.2, 0.25) is 0 Å². The zero-order valence-corrected chi connectivity index (χ0v) is 16.9. The summed E-state index contributed by atoms with van der Waals surface area (Å²) in [5.41, 5.74) is 3.45. The van der Waals surface area contributed by atoms with Crippen LogP contribution in [0.3, 0.4) is 0 Å². The number of ether oxygens (including phenoxy) is 1. The fourth-order valence-electron chi connectivity index (χ4n) is 3.11. The maximum Gasteiger partial charge on any atom is 0.262 e. The normalized spacial score (nSPS) is 12.0. The predicted octanol–water partition coefficient (Wildman–Crippen LogP) is 4.63. The molecule has 0 bridgehead atoms. The molecule has 0 saturated heterocycles. The second-order valence-corrected chi connectivity index (χ2v) is 8.35. The molecule has 0 spiro atoms. The molecule has 0 unspecified atom stereocenters. The number of fused-ring (bicyclic) bond motifs is 1. The molecule has 0 fully saturated rings. The van der Waals surface area contributed by atoms with Crippen LogP contribution in [0.15, 0.2) is 34.4 Å². The monoisotopic (exact) mass is 370 g/mol. The van der Waals surface area contributed by atoms with Crippen molar-refractivity contribution in [2.45, 2.75) is 46.1 Å². The lowest BCUT2D eigenvalue weighted by molar-refractivity contribution is 0.185. The van der Waals surface area contributed by atoms with Crippen molar-refractivity contribution in [1.82, 2.24) is 9.55 Å². The molecule has 138 valence electrons. The van der Waals surface area contributed by atoms with Gasteiger partial charge in [0.2, 0.25) is 0 Å². The Morgan fingerprint density at radius 1 is 1.19 bits per heavy atom. The van der Waals surface area contributed by atoms with E-state index in [1.54, 1.807) is 11.7 Å². The largest absolute Gasteiger partial charge is 0.383 e. The summed E-state index contributed by atoms with van der Waals surface area (Å²) in [6.45, 7) is 9.65. The smallest absolute Gasteiger partial charge is 0.262 e. The molecular weight excluding hydrogens is 344 g/mol. The first-order chi connectivity index (χ1) is 12.4. The highest BCUT2D eigenvalue weighted by Crippen LogP contribution is 2.32. The van der Waals surface area contributed by atoms with E-state index in [9.17, 15) is 4.79 Å². The Balaban J connectivity index is 2.14. The number of benzene rings is 1. The summed E-state index contributed by atoms with van der Waals surface area (Å²) >= 11 is 1.54. The molecule has 2 aromatic heterocycles.